The summed E-state index contributed by atoms with van der Waals surface area (Å²) < 4.78 is 21.1. The molecule has 6 rings (SSSR count). The van der Waals surface area contributed by atoms with Crippen molar-refractivity contribution in [3.8, 4) is 11.3 Å². The number of carbonyl (C=O) groups is 3. The SMILES string of the molecule is COCCNC(=O)c1ccc(-c2cn3ncc(C(=O)Nc4cc(NC(=O)CN5C6CCC5CC6)cnc4C)c3cn2)cc1F. The Morgan fingerprint density at radius 1 is 0.977 bits per heavy atom. The Kier molecular flexibility index (Phi) is 8.31. The largest absolute Gasteiger partial charge is 0.383 e. The van der Waals surface area contributed by atoms with E-state index >= 15 is 0 Å². The van der Waals surface area contributed by atoms with Gasteiger partial charge in [0.05, 0.1) is 77.3 Å². The number of aromatic nitrogens is 4. The zero-order valence-corrected chi connectivity index (χ0v) is 24.5. The lowest BCUT2D eigenvalue weighted by Gasteiger charge is -2.20. The van der Waals surface area contributed by atoms with Crippen LogP contribution in [0.25, 0.3) is 16.8 Å². The third kappa shape index (κ3) is 6.01. The van der Waals surface area contributed by atoms with Crippen LogP contribution in [0.5, 0.6) is 0 Å². The molecule has 0 spiro atoms. The molecule has 12 nitrogen and oxygen atoms in total. The molecule has 0 radical (unpaired) electrons. The van der Waals surface area contributed by atoms with Crippen LogP contribution in [0.1, 0.15) is 52.1 Å². The number of benzene rings is 1. The van der Waals surface area contributed by atoms with Crippen molar-refractivity contribution >= 4 is 34.6 Å². The number of rotatable bonds is 10. The van der Waals surface area contributed by atoms with Crippen molar-refractivity contribution in [2.24, 2.45) is 0 Å². The van der Waals surface area contributed by atoms with Crippen LogP contribution in [0.15, 0.2) is 49.1 Å². The number of hydrogen-bond donors (Lipinski definition) is 3. The van der Waals surface area contributed by atoms with E-state index < -0.39 is 17.6 Å². The molecule has 44 heavy (non-hydrogen) atoms. The maximum Gasteiger partial charge on any atom is 0.259 e. The number of aryl methyl sites for hydroxylation is 1. The molecule has 0 saturated carbocycles. The molecule has 2 aliphatic rings. The number of fused-ring (bicyclic) bond motifs is 3. The van der Waals surface area contributed by atoms with E-state index in [1.165, 1.54) is 36.2 Å². The van der Waals surface area contributed by atoms with E-state index in [-0.39, 0.29) is 23.6 Å². The van der Waals surface area contributed by atoms with Crippen molar-refractivity contribution in [2.75, 3.05) is 37.4 Å². The second-order valence-electron chi connectivity index (χ2n) is 11.1. The molecule has 0 unspecified atom stereocenters. The van der Waals surface area contributed by atoms with E-state index in [2.05, 4.69) is 35.9 Å². The molecule has 13 heteroatoms. The molecule has 0 aliphatic carbocycles. The van der Waals surface area contributed by atoms with E-state index in [1.807, 2.05) is 0 Å². The van der Waals surface area contributed by atoms with Crippen molar-refractivity contribution in [1.29, 1.82) is 0 Å². The van der Waals surface area contributed by atoms with Gasteiger partial charge in [0.15, 0.2) is 0 Å². The Morgan fingerprint density at radius 3 is 2.48 bits per heavy atom. The molecule has 3 N–H and O–H groups in total. The summed E-state index contributed by atoms with van der Waals surface area (Å²) in [4.78, 5) is 49.3. The van der Waals surface area contributed by atoms with E-state index in [9.17, 15) is 18.8 Å². The molecule has 0 atom stereocenters. The minimum Gasteiger partial charge on any atom is -0.383 e. The lowest BCUT2D eigenvalue weighted by Crippen LogP contribution is -2.36. The standard InChI is InChI=1S/C31H33FN8O4/c1-18-26(12-20(13-34-18)37-29(41)17-39-21-4-5-22(39)7-6-21)38-31(43)24-14-36-40-16-27(35-15-28(24)40)19-3-8-23(25(32)11-19)30(42)33-9-10-44-2/h3,8,11-16,21-22H,4-7,9-10,17H2,1-2H3,(H,33,42)(H,37,41)(H,38,43). The molecule has 2 aliphatic heterocycles. The third-order valence-corrected chi connectivity index (χ3v) is 8.30. The predicted octanol–water partition coefficient (Wildman–Crippen LogP) is 3.43. The van der Waals surface area contributed by atoms with Crippen LogP contribution in [-0.2, 0) is 9.53 Å². The molecule has 1 aromatic carbocycles. The highest BCUT2D eigenvalue weighted by Crippen LogP contribution is 2.37. The first-order valence-corrected chi connectivity index (χ1v) is 14.5. The van der Waals surface area contributed by atoms with Gasteiger partial charge >= 0.3 is 0 Å². The predicted molar refractivity (Wildman–Crippen MR) is 161 cm³/mol. The van der Waals surface area contributed by atoms with Gasteiger partial charge in [-0.1, -0.05) is 6.07 Å². The molecule has 3 aromatic heterocycles. The second-order valence-corrected chi connectivity index (χ2v) is 11.1. The summed E-state index contributed by atoms with van der Waals surface area (Å²) in [7, 11) is 1.51. The molecule has 228 valence electrons. The summed E-state index contributed by atoms with van der Waals surface area (Å²) in [5, 5.41) is 12.7. The van der Waals surface area contributed by atoms with Crippen molar-refractivity contribution in [2.45, 2.75) is 44.7 Å². The fraction of sp³-hybridized carbons (Fsp3) is 0.355. The van der Waals surface area contributed by atoms with Gasteiger partial charge < -0.3 is 20.7 Å². The van der Waals surface area contributed by atoms with Gasteiger partial charge in [-0.3, -0.25) is 29.3 Å². The highest BCUT2D eigenvalue weighted by molar-refractivity contribution is 6.09. The average Bonchev–Trinajstić information content (AvgIpc) is 3.72. The Hall–Kier alpha value is -4.75. The van der Waals surface area contributed by atoms with E-state index in [4.69, 9.17) is 4.74 Å². The maximum absolute atomic E-state index is 14.8. The fourth-order valence-electron chi connectivity index (χ4n) is 5.99. The summed E-state index contributed by atoms with van der Waals surface area (Å²) in [6.07, 6.45) is 10.7. The first kappa shape index (κ1) is 29.3. The zero-order chi connectivity index (χ0) is 30.8. The second kappa shape index (κ2) is 12.5. The van der Waals surface area contributed by atoms with Gasteiger partial charge in [-0.25, -0.2) is 8.91 Å². The number of carbonyl (C=O) groups excluding carboxylic acids is 3. The quantitative estimate of drug-likeness (QED) is 0.235. The van der Waals surface area contributed by atoms with Crippen molar-refractivity contribution in [3.63, 3.8) is 0 Å². The summed E-state index contributed by atoms with van der Waals surface area (Å²) >= 11 is 0. The van der Waals surface area contributed by atoms with Gasteiger partial charge in [0.25, 0.3) is 11.8 Å². The van der Waals surface area contributed by atoms with Crippen LogP contribution in [0.4, 0.5) is 15.8 Å². The molecule has 2 bridgehead atoms. The number of nitrogens with one attached hydrogen (secondary N) is 3. The van der Waals surface area contributed by atoms with Crippen LogP contribution in [-0.4, -0.2) is 81.1 Å². The molecule has 2 fully saturated rings. The van der Waals surface area contributed by atoms with E-state index in [0.717, 1.165) is 25.7 Å². The lowest BCUT2D eigenvalue weighted by atomic mass is 10.0. The molecule has 5 heterocycles. The fourth-order valence-corrected chi connectivity index (χ4v) is 5.99. The third-order valence-electron chi connectivity index (χ3n) is 8.30. The Morgan fingerprint density at radius 2 is 1.75 bits per heavy atom. The summed E-state index contributed by atoms with van der Waals surface area (Å²) in [6.45, 7) is 2.70. The highest BCUT2D eigenvalue weighted by atomic mass is 19.1. The van der Waals surface area contributed by atoms with Gasteiger partial charge in [0, 0.05) is 31.3 Å². The van der Waals surface area contributed by atoms with Crippen LogP contribution >= 0.6 is 0 Å². The smallest absolute Gasteiger partial charge is 0.259 e. The van der Waals surface area contributed by atoms with Crippen molar-refractivity contribution in [1.82, 2.24) is 29.8 Å². The maximum atomic E-state index is 14.8. The normalized spacial score (nSPS) is 17.6. The number of pyridine rings is 1. The van der Waals surface area contributed by atoms with Crippen molar-refractivity contribution in [3.05, 3.63) is 71.7 Å². The highest BCUT2D eigenvalue weighted by Gasteiger charge is 2.39. The first-order valence-electron chi connectivity index (χ1n) is 14.5. The number of ether oxygens (including phenoxy) is 1. The number of nitrogens with zero attached hydrogens (tertiary/aromatic N) is 5. The van der Waals surface area contributed by atoms with Crippen LogP contribution in [0, 0.1) is 12.7 Å². The molecule has 4 aromatic rings. The van der Waals surface area contributed by atoms with Gasteiger partial charge in [-0.05, 0) is 50.8 Å². The van der Waals surface area contributed by atoms with Crippen LogP contribution in [0.2, 0.25) is 0 Å². The summed E-state index contributed by atoms with van der Waals surface area (Å²) in [5.74, 6) is -1.75. The first-order chi connectivity index (χ1) is 21.3. The monoisotopic (exact) mass is 600 g/mol. The topological polar surface area (TPSA) is 143 Å². The van der Waals surface area contributed by atoms with Crippen LogP contribution in [0.3, 0.4) is 0 Å². The minimum atomic E-state index is -0.689. The summed E-state index contributed by atoms with van der Waals surface area (Å²) in [5.41, 5.74) is 3.02. The van der Waals surface area contributed by atoms with Gasteiger partial charge in [0.2, 0.25) is 5.91 Å². The lowest BCUT2D eigenvalue weighted by molar-refractivity contribution is -0.117. The Balaban J connectivity index is 1.13. The van der Waals surface area contributed by atoms with Gasteiger partial charge in [0.1, 0.15) is 5.82 Å². The van der Waals surface area contributed by atoms with Gasteiger partial charge in [-0.15, -0.1) is 0 Å². The molecular formula is C31H33FN8O4. The molecule has 2 saturated heterocycles. The van der Waals surface area contributed by atoms with Gasteiger partial charge in [-0.2, -0.15) is 5.10 Å². The van der Waals surface area contributed by atoms with E-state index in [1.54, 1.807) is 31.5 Å². The zero-order valence-electron chi connectivity index (χ0n) is 24.5. The number of methoxy groups -OCH3 is 1. The van der Waals surface area contributed by atoms with E-state index in [0.29, 0.717) is 59.1 Å². The minimum absolute atomic E-state index is 0.0871. The average molecular weight is 601 g/mol. The number of hydrogen-bond acceptors (Lipinski definition) is 8. The number of anilines is 2. The Labute approximate surface area is 253 Å². The van der Waals surface area contributed by atoms with Crippen LogP contribution < -0.4 is 16.0 Å². The number of amides is 3. The molecular weight excluding hydrogens is 567 g/mol. The Bertz CT molecular complexity index is 1720. The van der Waals surface area contributed by atoms with Crippen molar-refractivity contribution < 1.29 is 23.5 Å². The number of halogens is 1. The summed E-state index contributed by atoms with van der Waals surface area (Å²) in [6, 6.07) is 6.90. The molecule has 3 amide bonds.